The Bertz CT molecular complexity index is 1630. The van der Waals surface area contributed by atoms with Gasteiger partial charge in [0.05, 0.1) is 16.0 Å². The van der Waals surface area contributed by atoms with Gasteiger partial charge in [0.2, 0.25) is 5.69 Å². The molecule has 0 saturated heterocycles. The van der Waals surface area contributed by atoms with Crippen molar-refractivity contribution in [2.45, 2.75) is 71.1 Å². The minimum atomic E-state index is -4.45. The van der Waals surface area contributed by atoms with E-state index in [-0.39, 0.29) is 17.0 Å². The first-order valence-corrected chi connectivity index (χ1v) is 17.6. The third kappa shape index (κ3) is 6.51. The number of allylic oxidation sites excluding steroid dienone is 4. The van der Waals surface area contributed by atoms with E-state index in [0.29, 0.717) is 19.5 Å². The number of nitrogens with zero attached hydrogens (tertiary/aromatic N) is 2. The van der Waals surface area contributed by atoms with Crippen LogP contribution in [0.25, 0.3) is 0 Å². The Morgan fingerprint density at radius 3 is 2.07 bits per heavy atom. The molecule has 4 rings (SSSR count). The number of carboxylic acid groups (broad SMARTS) is 1. The van der Waals surface area contributed by atoms with Crippen LogP contribution in [-0.2, 0) is 24.8 Å². The van der Waals surface area contributed by atoms with Gasteiger partial charge in [-0.25, -0.2) is 0 Å². The van der Waals surface area contributed by atoms with Crippen molar-refractivity contribution >= 4 is 48.9 Å². The Morgan fingerprint density at radius 2 is 1.49 bits per heavy atom. The van der Waals surface area contributed by atoms with Crippen molar-refractivity contribution < 1.29 is 43.2 Å². The lowest BCUT2D eigenvalue weighted by atomic mass is 9.81. The number of likely N-dealkylation sites (N-methyl/N-ethyl adjacent to an activating group) is 1. The van der Waals surface area contributed by atoms with Crippen LogP contribution < -0.4 is 15.5 Å². The van der Waals surface area contributed by atoms with E-state index >= 15 is 0 Å². The molecule has 0 amide bonds. The van der Waals surface area contributed by atoms with Gasteiger partial charge in [0.1, 0.15) is 6.54 Å². The average Bonchev–Trinajstić information content (AvgIpc) is 3.25. The summed E-state index contributed by atoms with van der Waals surface area (Å²) >= 11 is 0. The summed E-state index contributed by atoms with van der Waals surface area (Å²) in [5.41, 5.74) is 4.22. The van der Waals surface area contributed by atoms with Gasteiger partial charge in [-0.3, -0.25) is 13.9 Å². The topological polar surface area (TPSA) is 159 Å². The van der Waals surface area contributed by atoms with Crippen LogP contribution in [0.3, 0.4) is 0 Å². The third-order valence-corrected chi connectivity index (χ3v) is 10.4. The number of hydrogen-bond donors (Lipinski definition) is 5. The van der Waals surface area contributed by atoms with Crippen LogP contribution in [0.2, 0.25) is 0 Å². The highest BCUT2D eigenvalue weighted by Crippen LogP contribution is 2.49. The van der Waals surface area contributed by atoms with E-state index in [1.54, 1.807) is 24.3 Å². The van der Waals surface area contributed by atoms with Crippen molar-refractivity contribution in [1.82, 2.24) is 0 Å². The molecule has 0 saturated carbocycles. The second kappa shape index (κ2) is 11.9. The number of benzene rings is 2. The predicted molar refractivity (Wildman–Crippen MR) is 168 cm³/mol. The zero-order valence-electron chi connectivity index (χ0n) is 25.2. The molecule has 2 heterocycles. The summed E-state index contributed by atoms with van der Waals surface area (Å²) in [6.07, 6.45) is 8.14. The highest BCUT2D eigenvalue weighted by Gasteiger charge is 2.45. The van der Waals surface area contributed by atoms with Crippen molar-refractivity contribution in [2.75, 3.05) is 18.0 Å². The fraction of sp³-hybridized carbons (Fsp3) is 0.419. The van der Waals surface area contributed by atoms with E-state index in [9.17, 15) is 33.5 Å². The molecule has 232 valence electrons. The molecule has 12 heteroatoms. The summed E-state index contributed by atoms with van der Waals surface area (Å²) in [6.45, 7) is 11.4. The maximum Gasteiger partial charge on any atom is 0.356 e. The fourth-order valence-corrected chi connectivity index (χ4v) is 7.36. The van der Waals surface area contributed by atoms with E-state index < -0.39 is 32.0 Å². The summed E-state index contributed by atoms with van der Waals surface area (Å²) in [5, 5.41) is 8.95. The number of aliphatic carboxylic acids is 1. The first kappa shape index (κ1) is 33.1. The third-order valence-electron chi connectivity index (χ3n) is 8.52. The summed E-state index contributed by atoms with van der Waals surface area (Å²) in [7, 11) is -8.87. The summed E-state index contributed by atoms with van der Waals surface area (Å²) in [4.78, 5) is 52.3. The molecule has 0 aromatic heterocycles. The molecular weight excluding hydrogens is 590 g/mol. The number of unbranched alkanes of at least 4 members (excludes halogenated alkanes) is 2. The van der Waals surface area contributed by atoms with Gasteiger partial charge in [0, 0.05) is 53.9 Å². The summed E-state index contributed by atoms with van der Waals surface area (Å²) in [5.74, 6) is -0.822. The second-order valence-corrected chi connectivity index (χ2v) is 15.3. The van der Waals surface area contributed by atoms with Crippen LogP contribution in [0.5, 0.6) is 0 Å². The van der Waals surface area contributed by atoms with E-state index in [4.69, 9.17) is 5.11 Å². The van der Waals surface area contributed by atoms with Gasteiger partial charge in [-0.2, -0.15) is 4.58 Å². The smallest absolute Gasteiger partial charge is 0.356 e. The molecule has 5 N–H and O–H groups in total. The van der Waals surface area contributed by atoms with Gasteiger partial charge < -0.3 is 29.6 Å². The second-order valence-electron chi connectivity index (χ2n) is 12.1. The molecule has 0 atom stereocenters. The largest absolute Gasteiger partial charge is 0.481 e. The molecule has 2 aromatic carbocycles. The normalized spacial score (nSPS) is 18.5. The van der Waals surface area contributed by atoms with Gasteiger partial charge in [-0.05, 0) is 75.6 Å². The lowest BCUT2D eigenvalue weighted by molar-refractivity contribution is -0.438. The van der Waals surface area contributed by atoms with E-state index in [1.165, 1.54) is 12.1 Å². The first-order valence-electron chi connectivity index (χ1n) is 14.3. The maximum atomic E-state index is 12.1. The summed E-state index contributed by atoms with van der Waals surface area (Å²) < 4.78 is 26.2. The predicted octanol–water partition coefficient (Wildman–Crippen LogP) is 4.57. The van der Waals surface area contributed by atoms with Gasteiger partial charge in [-0.1, -0.05) is 19.9 Å². The molecule has 2 aromatic rings. The molecule has 0 spiro atoms. The number of anilines is 1. The highest BCUT2D eigenvalue weighted by molar-refractivity contribution is 7.60. The molecule has 0 fully saturated rings. The minimum Gasteiger partial charge on any atom is -0.481 e. The van der Waals surface area contributed by atoms with Crippen LogP contribution in [0.4, 0.5) is 11.4 Å². The molecule has 0 unspecified atom stereocenters. The maximum absolute atomic E-state index is 12.1. The molecule has 0 aliphatic carbocycles. The monoisotopic (exact) mass is 631 g/mol. The Kier molecular flexibility index (Phi) is 9.17. The lowest BCUT2D eigenvalue weighted by Gasteiger charge is -2.25. The number of rotatable bonds is 11. The molecule has 0 radical (unpaired) electrons. The van der Waals surface area contributed by atoms with E-state index in [0.717, 1.165) is 46.8 Å². The van der Waals surface area contributed by atoms with Crippen LogP contribution >= 0.6 is 15.2 Å². The zero-order chi connectivity index (χ0) is 32.0. The van der Waals surface area contributed by atoms with Crippen molar-refractivity contribution in [3.05, 3.63) is 71.5 Å². The van der Waals surface area contributed by atoms with E-state index in [1.807, 2.05) is 52.8 Å². The van der Waals surface area contributed by atoms with Crippen LogP contribution in [0.15, 0.2) is 60.3 Å². The molecule has 2 aliphatic rings. The number of carbonyl (C=O) groups is 1. The SMILES string of the molecule is CCN1/C(=C/C=C/C2=[N+](CCCCCC(=O)O)c3ccc(P(=O)(O)O)cc3C2(C)C)C(C)(C)c2cc(P(=O)(O)O)ccc21. The standard InChI is InChI=1S/C31H40N2O8P2/c1-6-32-25-16-14-21(42(36,37)38)19-23(25)30(2,3)27(32)11-10-12-28-31(4,5)24-20-22(43(39,40)41)15-17-26(24)33(28)18-9-7-8-13-29(34)35/h10-12,14-17,19-20H,6-9,13,18H2,1-5H3,(H4-,34,35,36,37,38,39,40,41)/p+1. The molecule has 10 nitrogen and oxygen atoms in total. The van der Waals surface area contributed by atoms with Gasteiger partial charge in [-0.15, -0.1) is 0 Å². The van der Waals surface area contributed by atoms with Gasteiger partial charge in [0.15, 0.2) is 5.71 Å². The van der Waals surface area contributed by atoms with Crippen LogP contribution in [-0.4, -0.2) is 54.0 Å². The molecule has 0 bridgehead atoms. The van der Waals surface area contributed by atoms with Crippen molar-refractivity contribution in [2.24, 2.45) is 0 Å². The van der Waals surface area contributed by atoms with Crippen molar-refractivity contribution in [3.63, 3.8) is 0 Å². The Labute approximate surface area is 252 Å². The average molecular weight is 632 g/mol. The van der Waals surface area contributed by atoms with Crippen LogP contribution in [0, 0.1) is 0 Å². The number of carboxylic acids is 1. The quantitative estimate of drug-likeness (QED) is 0.136. The van der Waals surface area contributed by atoms with E-state index in [2.05, 4.69) is 9.48 Å². The Morgan fingerprint density at radius 1 is 0.884 bits per heavy atom. The summed E-state index contributed by atoms with van der Waals surface area (Å²) in [6, 6.07) is 9.63. The molecule has 2 aliphatic heterocycles. The van der Waals surface area contributed by atoms with Crippen molar-refractivity contribution in [1.29, 1.82) is 0 Å². The number of fused-ring (bicyclic) bond motifs is 2. The lowest BCUT2D eigenvalue weighted by Crippen LogP contribution is -2.28. The first-order chi connectivity index (χ1) is 19.9. The number of hydrogen-bond acceptors (Lipinski definition) is 4. The Balaban J connectivity index is 1.74. The van der Waals surface area contributed by atoms with Crippen molar-refractivity contribution in [3.8, 4) is 0 Å². The minimum absolute atomic E-state index is 0.0122. The van der Waals surface area contributed by atoms with Gasteiger partial charge >= 0.3 is 21.2 Å². The molecular formula is C31H41N2O8P2+. The van der Waals surface area contributed by atoms with Crippen LogP contribution in [0.1, 0.15) is 71.4 Å². The molecule has 43 heavy (non-hydrogen) atoms. The highest BCUT2D eigenvalue weighted by atomic mass is 31.2. The zero-order valence-corrected chi connectivity index (χ0v) is 27.0. The Hall–Kier alpha value is -2.84. The fourth-order valence-electron chi connectivity index (χ4n) is 6.22. The van der Waals surface area contributed by atoms with Gasteiger partial charge in [0.25, 0.3) is 0 Å².